The molecule has 23 heavy (non-hydrogen) atoms. The molecule has 2 aromatic carbocycles. The number of benzene rings is 2. The second kappa shape index (κ2) is 6.35. The normalized spacial score (nSPS) is 15.9. The average molecular weight is 313 g/mol. The first-order valence-corrected chi connectivity index (χ1v) is 7.17. The lowest BCUT2D eigenvalue weighted by Gasteiger charge is -2.26. The van der Waals surface area contributed by atoms with Crippen molar-refractivity contribution in [2.24, 2.45) is 0 Å². The smallest absolute Gasteiger partial charge is 0.319 e. The zero-order chi connectivity index (χ0) is 16.2. The van der Waals surface area contributed by atoms with Crippen LogP contribution in [0.4, 0.5) is 16.2 Å². The molecule has 0 radical (unpaired) electrons. The highest BCUT2D eigenvalue weighted by Crippen LogP contribution is 2.31. The van der Waals surface area contributed by atoms with Gasteiger partial charge in [-0.3, -0.25) is 10.1 Å². The highest BCUT2D eigenvalue weighted by molar-refractivity contribution is 5.90. The zero-order valence-electron chi connectivity index (χ0n) is 12.2. The maximum absolute atomic E-state index is 12.1. The molecule has 2 N–H and O–H groups in total. The van der Waals surface area contributed by atoms with Gasteiger partial charge in [0.25, 0.3) is 5.69 Å². The third-order valence-corrected chi connectivity index (χ3v) is 3.58. The molecular weight excluding hydrogens is 298 g/mol. The molecule has 3 rings (SSSR count). The lowest BCUT2D eigenvalue weighted by Crippen LogP contribution is -2.35. The average Bonchev–Trinajstić information content (AvgIpc) is 2.55. The fourth-order valence-corrected chi connectivity index (χ4v) is 2.51. The van der Waals surface area contributed by atoms with E-state index in [1.165, 1.54) is 18.2 Å². The van der Waals surface area contributed by atoms with E-state index >= 15 is 0 Å². The van der Waals surface area contributed by atoms with E-state index in [0.29, 0.717) is 18.7 Å². The molecule has 0 saturated carbocycles. The summed E-state index contributed by atoms with van der Waals surface area (Å²) in [5.74, 6) is 0.763. The minimum Gasteiger partial charge on any atom is -0.493 e. The highest BCUT2D eigenvalue weighted by atomic mass is 16.6. The van der Waals surface area contributed by atoms with Gasteiger partial charge in [0, 0.05) is 29.8 Å². The Morgan fingerprint density at radius 3 is 2.87 bits per heavy atom. The van der Waals surface area contributed by atoms with Gasteiger partial charge in [0.1, 0.15) is 5.75 Å². The lowest BCUT2D eigenvalue weighted by atomic mass is 10.0. The summed E-state index contributed by atoms with van der Waals surface area (Å²) in [6.45, 7) is 0.527. The van der Waals surface area contributed by atoms with Crippen LogP contribution in [0.15, 0.2) is 48.5 Å². The number of fused-ring (bicyclic) bond motifs is 1. The van der Waals surface area contributed by atoms with E-state index in [4.69, 9.17) is 4.74 Å². The molecular formula is C16H15N3O4. The first kappa shape index (κ1) is 14.8. The second-order valence-corrected chi connectivity index (χ2v) is 5.13. The molecule has 1 unspecified atom stereocenters. The third-order valence-electron chi connectivity index (χ3n) is 3.58. The first-order chi connectivity index (χ1) is 11.1. The number of nitrogens with zero attached hydrogens (tertiary/aromatic N) is 1. The first-order valence-electron chi connectivity index (χ1n) is 7.17. The molecule has 1 aliphatic rings. The summed E-state index contributed by atoms with van der Waals surface area (Å²) in [5.41, 5.74) is 1.23. The number of nitro benzene ring substituents is 1. The van der Waals surface area contributed by atoms with E-state index in [1.54, 1.807) is 6.07 Å². The Morgan fingerprint density at radius 2 is 2.04 bits per heavy atom. The van der Waals surface area contributed by atoms with E-state index in [-0.39, 0.29) is 11.7 Å². The van der Waals surface area contributed by atoms with E-state index in [9.17, 15) is 14.9 Å². The van der Waals surface area contributed by atoms with Gasteiger partial charge in [0.05, 0.1) is 17.6 Å². The van der Waals surface area contributed by atoms with Crippen molar-refractivity contribution < 1.29 is 14.5 Å². The largest absolute Gasteiger partial charge is 0.493 e. The predicted octanol–water partition coefficient (Wildman–Crippen LogP) is 3.24. The number of anilines is 1. The number of carbonyl (C=O) groups is 1. The zero-order valence-corrected chi connectivity index (χ0v) is 12.2. The van der Waals surface area contributed by atoms with Crippen molar-refractivity contribution >= 4 is 17.4 Å². The quantitative estimate of drug-likeness (QED) is 0.672. The fourth-order valence-electron chi connectivity index (χ4n) is 2.51. The van der Waals surface area contributed by atoms with Crippen LogP contribution < -0.4 is 15.4 Å². The van der Waals surface area contributed by atoms with E-state index < -0.39 is 11.0 Å². The summed E-state index contributed by atoms with van der Waals surface area (Å²) >= 11 is 0. The number of nitro groups is 1. The van der Waals surface area contributed by atoms with Gasteiger partial charge in [-0.1, -0.05) is 24.3 Å². The van der Waals surface area contributed by atoms with Gasteiger partial charge in [-0.25, -0.2) is 4.79 Å². The van der Waals surface area contributed by atoms with Crippen molar-refractivity contribution in [3.05, 3.63) is 64.2 Å². The lowest BCUT2D eigenvalue weighted by molar-refractivity contribution is -0.384. The molecule has 7 heteroatoms. The van der Waals surface area contributed by atoms with Crippen molar-refractivity contribution in [3.63, 3.8) is 0 Å². The molecule has 2 amide bonds. The number of ether oxygens (including phenoxy) is 1. The van der Waals surface area contributed by atoms with Crippen LogP contribution >= 0.6 is 0 Å². The topological polar surface area (TPSA) is 93.5 Å². The number of nitrogens with one attached hydrogen (secondary N) is 2. The van der Waals surface area contributed by atoms with Crippen molar-refractivity contribution in [1.29, 1.82) is 0 Å². The molecule has 118 valence electrons. The molecule has 0 bridgehead atoms. The second-order valence-electron chi connectivity index (χ2n) is 5.13. The minimum absolute atomic E-state index is 0.0702. The molecule has 7 nitrogen and oxygen atoms in total. The van der Waals surface area contributed by atoms with Crippen molar-refractivity contribution in [3.8, 4) is 5.75 Å². The van der Waals surface area contributed by atoms with Gasteiger partial charge in [0.2, 0.25) is 0 Å². The van der Waals surface area contributed by atoms with E-state index in [2.05, 4.69) is 10.6 Å². The van der Waals surface area contributed by atoms with Crippen LogP contribution in [0, 0.1) is 10.1 Å². The molecule has 1 atom stereocenters. The molecule has 0 fully saturated rings. The minimum atomic E-state index is -0.502. The molecule has 2 aromatic rings. The van der Waals surface area contributed by atoms with Crippen LogP contribution in [0.1, 0.15) is 18.0 Å². The van der Waals surface area contributed by atoms with Gasteiger partial charge in [-0.15, -0.1) is 0 Å². The Balaban J connectivity index is 1.69. The van der Waals surface area contributed by atoms with Crippen LogP contribution in [-0.2, 0) is 0 Å². The number of hydrogen-bond acceptors (Lipinski definition) is 4. The molecule has 0 aromatic heterocycles. The number of amides is 2. The Hall–Kier alpha value is -3.09. The summed E-state index contributed by atoms with van der Waals surface area (Å²) in [7, 11) is 0. The van der Waals surface area contributed by atoms with Crippen LogP contribution in [0.25, 0.3) is 0 Å². The van der Waals surface area contributed by atoms with Crippen LogP contribution in [0.5, 0.6) is 5.75 Å². The summed E-state index contributed by atoms with van der Waals surface area (Å²) in [6, 6.07) is 12.8. The number of carbonyl (C=O) groups excluding carboxylic acids is 1. The number of urea groups is 1. The number of non-ortho nitro benzene ring substituents is 1. The molecule has 1 heterocycles. The Bertz CT molecular complexity index is 748. The van der Waals surface area contributed by atoms with Crippen molar-refractivity contribution in [1.82, 2.24) is 5.32 Å². The number of rotatable bonds is 3. The Morgan fingerprint density at radius 1 is 1.22 bits per heavy atom. The van der Waals surface area contributed by atoms with Crippen LogP contribution in [-0.4, -0.2) is 17.6 Å². The van der Waals surface area contributed by atoms with Gasteiger partial charge in [-0.2, -0.15) is 0 Å². The van der Waals surface area contributed by atoms with Gasteiger partial charge in [-0.05, 0) is 12.1 Å². The summed E-state index contributed by atoms with van der Waals surface area (Å²) in [6.07, 6.45) is 0.666. The van der Waals surface area contributed by atoms with Crippen molar-refractivity contribution in [2.45, 2.75) is 12.5 Å². The SMILES string of the molecule is O=C(Nc1cccc([N+](=O)[O-])c1)NC1CCOc2ccccc21. The Kier molecular flexibility index (Phi) is 4.09. The van der Waals surface area contributed by atoms with Crippen molar-refractivity contribution in [2.75, 3.05) is 11.9 Å². The van der Waals surface area contributed by atoms with Crippen LogP contribution in [0.3, 0.4) is 0 Å². The van der Waals surface area contributed by atoms with E-state index in [1.807, 2.05) is 24.3 Å². The summed E-state index contributed by atoms with van der Waals surface area (Å²) in [4.78, 5) is 22.4. The summed E-state index contributed by atoms with van der Waals surface area (Å²) in [5, 5.41) is 16.2. The van der Waals surface area contributed by atoms with E-state index in [0.717, 1.165) is 11.3 Å². The third kappa shape index (κ3) is 3.39. The highest BCUT2D eigenvalue weighted by Gasteiger charge is 2.22. The fraction of sp³-hybridized carbons (Fsp3) is 0.188. The maximum Gasteiger partial charge on any atom is 0.319 e. The number of hydrogen-bond donors (Lipinski definition) is 2. The standard InChI is InChI=1S/C16H15N3O4/c20-16(17-11-4-3-5-12(10-11)19(21)22)18-14-8-9-23-15-7-2-1-6-13(14)15/h1-7,10,14H,8-9H2,(H2,17,18,20). The molecule has 1 aliphatic heterocycles. The molecule has 0 spiro atoms. The molecule has 0 saturated heterocycles. The van der Waals surface area contributed by atoms with Crippen LogP contribution in [0.2, 0.25) is 0 Å². The number of para-hydroxylation sites is 1. The predicted molar refractivity (Wildman–Crippen MR) is 84.5 cm³/mol. The summed E-state index contributed by atoms with van der Waals surface area (Å²) < 4.78 is 5.55. The molecule has 0 aliphatic carbocycles. The Labute approximate surface area is 132 Å². The van der Waals surface area contributed by atoms with Gasteiger partial charge >= 0.3 is 6.03 Å². The van der Waals surface area contributed by atoms with Gasteiger partial charge < -0.3 is 15.4 Å². The maximum atomic E-state index is 12.1. The van der Waals surface area contributed by atoms with Gasteiger partial charge in [0.15, 0.2) is 0 Å². The monoisotopic (exact) mass is 313 g/mol.